The molecule has 1 amide bonds. The van der Waals surface area contributed by atoms with Crippen molar-refractivity contribution in [1.82, 2.24) is 9.88 Å². The van der Waals surface area contributed by atoms with Crippen LogP contribution in [0.1, 0.15) is 21.8 Å². The Hall–Kier alpha value is -2.20. The van der Waals surface area contributed by atoms with Gasteiger partial charge in [0.05, 0.1) is 12.3 Å². The molecule has 23 heavy (non-hydrogen) atoms. The summed E-state index contributed by atoms with van der Waals surface area (Å²) in [5.74, 6) is -1.20. The molecule has 0 radical (unpaired) electrons. The molecule has 1 fully saturated rings. The molecule has 1 aliphatic heterocycles. The number of hydrogen-bond donors (Lipinski definition) is 4. The predicted octanol–water partition coefficient (Wildman–Crippen LogP) is 0.320. The first kappa shape index (κ1) is 17.2. The molecule has 0 unspecified atom stereocenters. The molecule has 2 heterocycles. The van der Waals surface area contributed by atoms with E-state index in [1.807, 2.05) is 0 Å². The first-order chi connectivity index (χ1) is 10.9. The minimum atomic E-state index is -0.998. The van der Waals surface area contributed by atoms with E-state index in [4.69, 9.17) is 21.0 Å². The van der Waals surface area contributed by atoms with E-state index in [1.54, 1.807) is 11.8 Å². The summed E-state index contributed by atoms with van der Waals surface area (Å²) in [7, 11) is 0. The number of aryl methyl sites for hydroxylation is 1. The SMILES string of the molecule is Cc1nc(NC(=N)N)sc1C(=O)N1CC[C@@H](COCC(=O)O)C1. The Morgan fingerprint density at radius 3 is 3.00 bits per heavy atom. The van der Waals surface area contributed by atoms with Crippen LogP contribution in [0.5, 0.6) is 0 Å². The molecular weight excluding hydrogens is 322 g/mol. The second-order valence-electron chi connectivity index (χ2n) is 5.29. The summed E-state index contributed by atoms with van der Waals surface area (Å²) in [6.07, 6.45) is 0.780. The van der Waals surface area contributed by atoms with Crippen LogP contribution in [-0.2, 0) is 9.53 Å². The number of nitrogens with one attached hydrogen (secondary N) is 2. The number of thiazole rings is 1. The molecule has 0 aromatic carbocycles. The summed E-state index contributed by atoms with van der Waals surface area (Å²) < 4.78 is 5.09. The number of nitrogens with two attached hydrogens (primary N) is 1. The predicted molar refractivity (Wildman–Crippen MR) is 84.9 cm³/mol. The lowest BCUT2D eigenvalue weighted by Crippen LogP contribution is -2.29. The summed E-state index contributed by atoms with van der Waals surface area (Å²) in [4.78, 5) is 29.4. The maximum Gasteiger partial charge on any atom is 0.329 e. The van der Waals surface area contributed by atoms with Crippen LogP contribution in [-0.4, -0.2) is 59.1 Å². The first-order valence-corrected chi connectivity index (χ1v) is 7.85. The molecule has 9 nitrogen and oxygen atoms in total. The molecule has 1 atom stereocenters. The molecule has 2 rings (SSSR count). The van der Waals surface area contributed by atoms with E-state index < -0.39 is 5.97 Å². The number of nitrogens with zero attached hydrogens (tertiary/aromatic N) is 2. The zero-order valence-electron chi connectivity index (χ0n) is 12.7. The molecular formula is C13H19N5O4S. The molecule has 126 valence electrons. The van der Waals surface area contributed by atoms with Gasteiger partial charge in [-0.1, -0.05) is 11.3 Å². The van der Waals surface area contributed by atoms with Gasteiger partial charge in [0.25, 0.3) is 5.91 Å². The van der Waals surface area contributed by atoms with Crippen LogP contribution in [0.2, 0.25) is 0 Å². The molecule has 1 saturated heterocycles. The van der Waals surface area contributed by atoms with Gasteiger partial charge >= 0.3 is 5.97 Å². The van der Waals surface area contributed by atoms with Crippen molar-refractivity contribution in [2.75, 3.05) is 31.6 Å². The number of carbonyl (C=O) groups excluding carboxylic acids is 1. The fraction of sp³-hybridized carbons (Fsp3) is 0.538. The van der Waals surface area contributed by atoms with Crippen LogP contribution in [0.25, 0.3) is 0 Å². The Labute approximate surface area is 137 Å². The number of aromatic nitrogens is 1. The lowest BCUT2D eigenvalue weighted by molar-refractivity contribution is -0.142. The lowest BCUT2D eigenvalue weighted by Gasteiger charge is -2.15. The largest absolute Gasteiger partial charge is 0.480 e. The van der Waals surface area contributed by atoms with Gasteiger partial charge in [-0.25, -0.2) is 9.78 Å². The summed E-state index contributed by atoms with van der Waals surface area (Å²) >= 11 is 1.16. The number of ether oxygens (including phenoxy) is 1. The number of rotatable bonds is 6. The zero-order chi connectivity index (χ0) is 17.0. The van der Waals surface area contributed by atoms with Gasteiger partial charge in [-0.2, -0.15) is 0 Å². The van der Waals surface area contributed by atoms with Crippen molar-refractivity contribution in [1.29, 1.82) is 5.41 Å². The Kier molecular flexibility index (Phi) is 5.50. The van der Waals surface area contributed by atoms with E-state index in [-0.39, 0.29) is 24.4 Å². The number of carboxylic acids is 1. The Morgan fingerprint density at radius 2 is 2.35 bits per heavy atom. The van der Waals surface area contributed by atoms with Crippen LogP contribution >= 0.6 is 11.3 Å². The highest BCUT2D eigenvalue weighted by Gasteiger charge is 2.29. The highest BCUT2D eigenvalue weighted by Crippen LogP contribution is 2.26. The van der Waals surface area contributed by atoms with E-state index in [0.717, 1.165) is 17.8 Å². The van der Waals surface area contributed by atoms with Crippen molar-refractivity contribution in [2.24, 2.45) is 11.7 Å². The minimum absolute atomic E-state index is 0.114. The zero-order valence-corrected chi connectivity index (χ0v) is 13.5. The number of hydrogen-bond acceptors (Lipinski definition) is 6. The molecule has 5 N–H and O–H groups in total. The third kappa shape index (κ3) is 4.63. The van der Waals surface area contributed by atoms with Gasteiger partial charge < -0.3 is 25.8 Å². The molecule has 1 aromatic heterocycles. The van der Waals surface area contributed by atoms with Crippen molar-refractivity contribution >= 4 is 34.3 Å². The van der Waals surface area contributed by atoms with Crippen LogP contribution < -0.4 is 11.1 Å². The van der Waals surface area contributed by atoms with Gasteiger partial charge in [-0.3, -0.25) is 10.2 Å². The quantitative estimate of drug-likeness (QED) is 0.431. The Balaban J connectivity index is 1.92. The lowest BCUT2D eigenvalue weighted by atomic mass is 10.1. The van der Waals surface area contributed by atoms with Crippen LogP contribution in [0.3, 0.4) is 0 Å². The number of amides is 1. The van der Waals surface area contributed by atoms with Crippen molar-refractivity contribution < 1.29 is 19.4 Å². The fourth-order valence-electron chi connectivity index (χ4n) is 2.37. The van der Waals surface area contributed by atoms with Crippen molar-refractivity contribution in [3.05, 3.63) is 10.6 Å². The number of anilines is 1. The Morgan fingerprint density at radius 1 is 1.61 bits per heavy atom. The highest BCUT2D eigenvalue weighted by atomic mass is 32.1. The second kappa shape index (κ2) is 7.38. The van der Waals surface area contributed by atoms with Crippen molar-refractivity contribution in [2.45, 2.75) is 13.3 Å². The molecule has 1 aliphatic rings. The third-order valence-corrected chi connectivity index (χ3v) is 4.45. The van der Waals surface area contributed by atoms with E-state index in [9.17, 15) is 9.59 Å². The van der Waals surface area contributed by atoms with Gasteiger partial charge in [0.1, 0.15) is 11.5 Å². The number of aliphatic carboxylic acids is 1. The minimum Gasteiger partial charge on any atom is -0.480 e. The van der Waals surface area contributed by atoms with Crippen LogP contribution in [0.4, 0.5) is 5.13 Å². The summed E-state index contributed by atoms with van der Waals surface area (Å²) in [5, 5.41) is 18.7. The number of guanidine groups is 1. The highest BCUT2D eigenvalue weighted by molar-refractivity contribution is 7.17. The van der Waals surface area contributed by atoms with Crippen LogP contribution in [0.15, 0.2) is 0 Å². The normalized spacial score (nSPS) is 17.3. The van der Waals surface area contributed by atoms with Crippen molar-refractivity contribution in [3.63, 3.8) is 0 Å². The topological polar surface area (TPSA) is 142 Å². The summed E-state index contributed by atoms with van der Waals surface area (Å²) in [5.41, 5.74) is 5.85. The fourth-order valence-corrected chi connectivity index (χ4v) is 3.32. The van der Waals surface area contributed by atoms with Gasteiger partial charge in [0.15, 0.2) is 11.1 Å². The van der Waals surface area contributed by atoms with Gasteiger partial charge in [0.2, 0.25) is 0 Å². The number of likely N-dealkylation sites (tertiary alicyclic amines) is 1. The first-order valence-electron chi connectivity index (χ1n) is 7.04. The molecule has 0 saturated carbocycles. The smallest absolute Gasteiger partial charge is 0.329 e. The maximum absolute atomic E-state index is 12.5. The van der Waals surface area contributed by atoms with E-state index in [0.29, 0.717) is 35.4 Å². The van der Waals surface area contributed by atoms with Crippen LogP contribution in [0, 0.1) is 18.3 Å². The maximum atomic E-state index is 12.5. The monoisotopic (exact) mass is 341 g/mol. The average Bonchev–Trinajstić information content (AvgIpc) is 3.04. The van der Waals surface area contributed by atoms with E-state index in [2.05, 4.69) is 10.3 Å². The van der Waals surface area contributed by atoms with Crippen molar-refractivity contribution in [3.8, 4) is 0 Å². The molecule has 0 bridgehead atoms. The molecule has 1 aromatic rings. The summed E-state index contributed by atoms with van der Waals surface area (Å²) in [6, 6.07) is 0. The standard InChI is InChI=1S/C13H19N5O4S/c1-7-10(23-13(16-7)17-12(14)15)11(21)18-3-2-8(4-18)5-22-6-9(19)20/h8H,2-6H2,1H3,(H,19,20)(H4,14,15,16,17)/t8-/m1/s1. The van der Waals surface area contributed by atoms with E-state index in [1.165, 1.54) is 0 Å². The average molecular weight is 341 g/mol. The van der Waals surface area contributed by atoms with E-state index >= 15 is 0 Å². The molecule has 10 heteroatoms. The van der Waals surface area contributed by atoms with Gasteiger partial charge in [0, 0.05) is 19.0 Å². The number of carboxylic acid groups (broad SMARTS) is 1. The molecule has 0 spiro atoms. The Bertz CT molecular complexity index is 618. The van der Waals surface area contributed by atoms with Gasteiger partial charge in [-0.15, -0.1) is 0 Å². The van der Waals surface area contributed by atoms with Gasteiger partial charge in [-0.05, 0) is 13.3 Å². The third-order valence-electron chi connectivity index (χ3n) is 3.38. The number of carbonyl (C=O) groups is 2. The molecule has 0 aliphatic carbocycles. The second-order valence-corrected chi connectivity index (χ2v) is 6.29. The summed E-state index contributed by atoms with van der Waals surface area (Å²) in [6.45, 7) is 2.88.